The molecule has 0 saturated carbocycles. The predicted molar refractivity (Wildman–Crippen MR) is 74.7 cm³/mol. The van der Waals surface area contributed by atoms with Gasteiger partial charge >= 0.3 is 0 Å². The number of oxime groups is 1. The van der Waals surface area contributed by atoms with Crippen LogP contribution < -0.4 is 11.1 Å². The molecule has 1 heterocycles. The molecule has 110 valence electrons. The number of nitrogens with two attached hydrogens (primary N) is 1. The lowest BCUT2D eigenvalue weighted by molar-refractivity contribution is 0.0954. The molecule has 2 aromatic rings. The Balaban J connectivity index is 2.07. The summed E-state index contributed by atoms with van der Waals surface area (Å²) in [6, 6.07) is 4.09. The van der Waals surface area contributed by atoms with Crippen LogP contribution in [0, 0.1) is 12.7 Å². The van der Waals surface area contributed by atoms with E-state index in [-0.39, 0.29) is 29.4 Å². The summed E-state index contributed by atoms with van der Waals surface area (Å²) in [5, 5.41) is 17.6. The third kappa shape index (κ3) is 3.31. The Morgan fingerprint density at radius 3 is 2.90 bits per heavy atom. The van der Waals surface area contributed by atoms with Crippen molar-refractivity contribution >= 4 is 23.3 Å². The third-order valence-electron chi connectivity index (χ3n) is 2.75. The first-order valence-corrected chi connectivity index (χ1v) is 6.63. The Morgan fingerprint density at radius 1 is 1.57 bits per heavy atom. The van der Waals surface area contributed by atoms with Crippen molar-refractivity contribution < 1.29 is 14.4 Å². The topological polar surface area (TPSA) is 113 Å². The minimum Gasteiger partial charge on any atom is -0.409 e. The number of carbonyl (C=O) groups excluding carboxylic acids is 1. The van der Waals surface area contributed by atoms with Crippen molar-refractivity contribution in [3.05, 3.63) is 45.7 Å². The number of aromatic nitrogens is 2. The molecule has 2 rings (SSSR count). The van der Waals surface area contributed by atoms with Crippen molar-refractivity contribution in [1.29, 1.82) is 0 Å². The van der Waals surface area contributed by atoms with E-state index in [2.05, 4.69) is 20.1 Å². The molecule has 7 nitrogen and oxygen atoms in total. The largest absolute Gasteiger partial charge is 0.409 e. The summed E-state index contributed by atoms with van der Waals surface area (Å²) in [7, 11) is 0. The van der Waals surface area contributed by atoms with Crippen molar-refractivity contribution in [3.63, 3.8) is 0 Å². The number of aryl methyl sites for hydroxylation is 1. The Bertz CT molecular complexity index is 701. The van der Waals surface area contributed by atoms with Crippen LogP contribution in [-0.4, -0.2) is 26.5 Å². The summed E-state index contributed by atoms with van der Waals surface area (Å²) in [6.07, 6.45) is 0. The lowest BCUT2D eigenvalue weighted by atomic mass is 10.1. The number of hydrogen-bond donors (Lipinski definition) is 3. The van der Waals surface area contributed by atoms with Gasteiger partial charge in [-0.05, 0) is 24.5 Å². The van der Waals surface area contributed by atoms with Gasteiger partial charge in [0.05, 0.1) is 5.69 Å². The summed E-state index contributed by atoms with van der Waals surface area (Å²) in [5.74, 6) is -1.10. The molecule has 9 heteroatoms. The van der Waals surface area contributed by atoms with Crippen LogP contribution in [0.25, 0.3) is 0 Å². The van der Waals surface area contributed by atoms with Gasteiger partial charge in [0.2, 0.25) is 0 Å². The summed E-state index contributed by atoms with van der Waals surface area (Å²) in [6.45, 7) is 1.68. The monoisotopic (exact) mass is 309 g/mol. The summed E-state index contributed by atoms with van der Waals surface area (Å²) >= 11 is 0.979. The fraction of sp³-hybridized carbons (Fsp3) is 0.167. The molecule has 4 N–H and O–H groups in total. The molecule has 0 spiro atoms. The zero-order valence-electron chi connectivity index (χ0n) is 11.0. The first-order valence-electron chi connectivity index (χ1n) is 5.86. The maximum absolute atomic E-state index is 13.9. The summed E-state index contributed by atoms with van der Waals surface area (Å²) in [5.41, 5.74) is 6.44. The first kappa shape index (κ1) is 14.9. The molecule has 1 amide bonds. The van der Waals surface area contributed by atoms with Crippen LogP contribution in [0.15, 0.2) is 23.4 Å². The molecule has 0 aliphatic carbocycles. The van der Waals surface area contributed by atoms with Gasteiger partial charge in [0.1, 0.15) is 10.7 Å². The zero-order chi connectivity index (χ0) is 15.4. The fourth-order valence-electron chi connectivity index (χ4n) is 1.60. The van der Waals surface area contributed by atoms with E-state index in [9.17, 15) is 9.18 Å². The number of rotatable bonds is 4. The molecule has 21 heavy (non-hydrogen) atoms. The highest BCUT2D eigenvalue weighted by atomic mass is 32.1. The average Bonchev–Trinajstić information content (AvgIpc) is 2.91. The number of nitrogens with one attached hydrogen (secondary N) is 1. The van der Waals surface area contributed by atoms with Gasteiger partial charge in [-0.2, -0.15) is 0 Å². The summed E-state index contributed by atoms with van der Waals surface area (Å²) < 4.78 is 17.5. The standard InChI is InChI=1S/C12H12FN5O2S/c1-6-10(21-18-16-6)12(19)15-5-8-3-2-7(4-9(8)13)11(14)17-20/h2-4,20H,5H2,1H3,(H2,14,17)(H,15,19). The minimum atomic E-state index is -0.557. The van der Waals surface area contributed by atoms with Crippen molar-refractivity contribution in [2.75, 3.05) is 0 Å². The van der Waals surface area contributed by atoms with Crippen LogP contribution in [0.1, 0.15) is 26.5 Å². The van der Waals surface area contributed by atoms with E-state index in [0.717, 1.165) is 17.6 Å². The molecule has 1 aromatic heterocycles. The Labute approximate surface area is 123 Å². The fourth-order valence-corrected chi connectivity index (χ4v) is 2.18. The van der Waals surface area contributed by atoms with Gasteiger partial charge in [0.25, 0.3) is 5.91 Å². The third-order valence-corrected chi connectivity index (χ3v) is 3.58. The van der Waals surface area contributed by atoms with Crippen LogP contribution in [0.3, 0.4) is 0 Å². The van der Waals surface area contributed by atoms with E-state index in [1.807, 2.05) is 0 Å². The normalized spacial score (nSPS) is 11.4. The molecule has 0 fully saturated rings. The molecule has 0 radical (unpaired) electrons. The van der Waals surface area contributed by atoms with Gasteiger partial charge < -0.3 is 16.3 Å². The second kappa shape index (κ2) is 6.27. The molecule has 0 atom stereocenters. The van der Waals surface area contributed by atoms with Crippen LogP contribution >= 0.6 is 11.5 Å². The molecule has 1 aromatic carbocycles. The quantitative estimate of drug-likeness (QED) is 0.337. The molecule has 0 unspecified atom stereocenters. The number of amides is 1. The maximum atomic E-state index is 13.9. The van der Waals surface area contributed by atoms with Crippen LogP contribution in [-0.2, 0) is 6.54 Å². The smallest absolute Gasteiger partial charge is 0.265 e. The van der Waals surface area contributed by atoms with E-state index in [4.69, 9.17) is 10.9 Å². The van der Waals surface area contributed by atoms with Gasteiger partial charge in [0.15, 0.2) is 5.84 Å². The van der Waals surface area contributed by atoms with E-state index >= 15 is 0 Å². The van der Waals surface area contributed by atoms with Crippen LogP contribution in [0.4, 0.5) is 4.39 Å². The summed E-state index contributed by atoms with van der Waals surface area (Å²) in [4.78, 5) is 12.2. The van der Waals surface area contributed by atoms with E-state index in [1.54, 1.807) is 6.92 Å². The molecular formula is C12H12FN5O2S. The molecule has 0 saturated heterocycles. The van der Waals surface area contributed by atoms with Gasteiger partial charge in [-0.15, -0.1) is 5.10 Å². The minimum absolute atomic E-state index is 0.0124. The van der Waals surface area contributed by atoms with E-state index in [0.29, 0.717) is 10.6 Å². The van der Waals surface area contributed by atoms with Gasteiger partial charge in [0, 0.05) is 17.7 Å². The van der Waals surface area contributed by atoms with Crippen molar-refractivity contribution in [2.45, 2.75) is 13.5 Å². The Hall–Kier alpha value is -2.55. The number of halogens is 1. The number of carbonyl (C=O) groups is 1. The van der Waals surface area contributed by atoms with Crippen molar-refractivity contribution in [2.24, 2.45) is 10.9 Å². The lowest BCUT2D eigenvalue weighted by Crippen LogP contribution is -2.23. The molecule has 0 aliphatic rings. The SMILES string of the molecule is Cc1nnsc1C(=O)NCc1ccc(C(N)=NO)cc1F. The second-order valence-electron chi connectivity index (χ2n) is 4.16. The highest BCUT2D eigenvalue weighted by Crippen LogP contribution is 2.12. The Kier molecular flexibility index (Phi) is 4.43. The Morgan fingerprint density at radius 2 is 2.33 bits per heavy atom. The predicted octanol–water partition coefficient (Wildman–Crippen LogP) is 1.01. The van der Waals surface area contributed by atoms with Crippen molar-refractivity contribution in [3.8, 4) is 0 Å². The van der Waals surface area contributed by atoms with Crippen molar-refractivity contribution in [1.82, 2.24) is 14.9 Å². The molecule has 0 bridgehead atoms. The zero-order valence-corrected chi connectivity index (χ0v) is 11.8. The first-order chi connectivity index (χ1) is 10.0. The molecular weight excluding hydrogens is 297 g/mol. The average molecular weight is 309 g/mol. The highest BCUT2D eigenvalue weighted by molar-refractivity contribution is 7.07. The highest BCUT2D eigenvalue weighted by Gasteiger charge is 2.14. The van der Waals surface area contributed by atoms with Gasteiger partial charge in [-0.1, -0.05) is 21.8 Å². The van der Waals surface area contributed by atoms with Gasteiger partial charge in [-0.25, -0.2) is 4.39 Å². The number of benzene rings is 1. The number of nitrogens with zero attached hydrogens (tertiary/aromatic N) is 3. The maximum Gasteiger partial charge on any atom is 0.265 e. The van der Waals surface area contributed by atoms with Crippen LogP contribution in [0.5, 0.6) is 0 Å². The van der Waals surface area contributed by atoms with E-state index < -0.39 is 5.82 Å². The van der Waals surface area contributed by atoms with E-state index in [1.165, 1.54) is 12.1 Å². The number of hydrogen-bond acceptors (Lipinski definition) is 6. The van der Waals surface area contributed by atoms with Crippen LogP contribution in [0.2, 0.25) is 0 Å². The molecule has 0 aliphatic heterocycles. The lowest BCUT2D eigenvalue weighted by Gasteiger charge is -2.07. The second-order valence-corrected chi connectivity index (χ2v) is 4.92. The van der Waals surface area contributed by atoms with Gasteiger partial charge in [-0.3, -0.25) is 4.79 Å². The number of amidine groups is 1.